The zero-order valence-corrected chi connectivity index (χ0v) is 26.8. The van der Waals surface area contributed by atoms with Gasteiger partial charge in [-0.25, -0.2) is 19.4 Å². The van der Waals surface area contributed by atoms with E-state index < -0.39 is 83.4 Å². The minimum atomic E-state index is -5.09. The first-order valence-corrected chi connectivity index (χ1v) is 16.6. The van der Waals surface area contributed by atoms with Crippen LogP contribution in [0.3, 0.4) is 0 Å². The lowest BCUT2D eigenvalue weighted by molar-refractivity contribution is -0.207. The summed E-state index contributed by atoms with van der Waals surface area (Å²) in [4.78, 5) is 49.3. The molecular weight excluding hydrogens is 728 g/mol. The van der Waals surface area contributed by atoms with Crippen molar-refractivity contribution in [2.24, 2.45) is 0 Å². The highest BCUT2D eigenvalue weighted by Crippen LogP contribution is 2.40. The van der Waals surface area contributed by atoms with Crippen LogP contribution in [0.2, 0.25) is 5.02 Å². The Hall–Kier alpha value is -4.51. The number of aromatic nitrogens is 7. The highest BCUT2D eigenvalue weighted by molar-refractivity contribution is 8.24. The lowest BCUT2D eigenvalue weighted by atomic mass is 10.2. The highest BCUT2D eigenvalue weighted by atomic mass is 35.5. The number of hydrogen-bond donors (Lipinski definition) is 4. The molecule has 5 rings (SSSR count). The van der Waals surface area contributed by atoms with Crippen molar-refractivity contribution in [3.63, 3.8) is 0 Å². The van der Waals surface area contributed by atoms with E-state index in [1.165, 1.54) is 35.2 Å². The number of pyridine rings is 1. The van der Waals surface area contributed by atoms with Gasteiger partial charge in [-0.05, 0) is 36.4 Å². The van der Waals surface area contributed by atoms with Gasteiger partial charge < -0.3 is 15.3 Å². The Bertz CT molecular complexity index is 1940. The number of aliphatic hydroxyl groups is 1. The van der Waals surface area contributed by atoms with Crippen molar-refractivity contribution in [3.05, 3.63) is 75.3 Å². The number of aliphatic hydroxyl groups excluding tert-OH is 1. The average Bonchev–Trinajstić information content (AvgIpc) is 3.60. The zero-order chi connectivity index (χ0) is 36.6. The van der Waals surface area contributed by atoms with Gasteiger partial charge in [0.2, 0.25) is 5.82 Å². The van der Waals surface area contributed by atoms with E-state index in [1.807, 2.05) is 0 Å². The molecule has 23 heteroatoms. The third-order valence-corrected chi connectivity index (χ3v) is 9.16. The van der Waals surface area contributed by atoms with Crippen LogP contribution in [0, 0.1) is 0 Å². The monoisotopic (exact) mass is 753 g/mol. The van der Waals surface area contributed by atoms with E-state index in [-0.39, 0.29) is 46.8 Å². The number of halogens is 7. The Kier molecular flexibility index (Phi) is 10.3. The van der Waals surface area contributed by atoms with E-state index in [0.717, 1.165) is 16.9 Å². The van der Waals surface area contributed by atoms with Crippen LogP contribution in [0.15, 0.2) is 47.4 Å². The van der Waals surface area contributed by atoms with Crippen molar-refractivity contribution in [1.82, 2.24) is 44.3 Å². The molecule has 3 aromatic heterocycles. The number of amides is 2. The molecule has 4 heterocycles. The molecule has 0 unspecified atom stereocenters. The molecule has 1 aliphatic rings. The molecule has 50 heavy (non-hydrogen) atoms. The summed E-state index contributed by atoms with van der Waals surface area (Å²) in [5.74, 6) is -4.09. The third-order valence-electron chi connectivity index (χ3n) is 7.24. The number of hydrogen-bond acceptors (Lipinski definition) is 10. The fourth-order valence-corrected chi connectivity index (χ4v) is 6.08. The van der Waals surface area contributed by atoms with Crippen molar-refractivity contribution in [3.8, 4) is 17.2 Å². The lowest BCUT2D eigenvalue weighted by Gasteiger charge is -2.40. The second-order valence-electron chi connectivity index (χ2n) is 10.9. The van der Waals surface area contributed by atoms with Crippen LogP contribution < -0.4 is 11.0 Å². The predicted octanol–water partition coefficient (Wildman–Crippen LogP) is 2.81. The summed E-state index contributed by atoms with van der Waals surface area (Å²) < 4.78 is 100. The summed E-state index contributed by atoms with van der Waals surface area (Å²) >= 11 is 5.92. The molecule has 0 radical (unpaired) electrons. The molecule has 0 spiro atoms. The fraction of sp³-hybridized carbons (Fsp3) is 0.370. The zero-order valence-electron chi connectivity index (χ0n) is 25.3. The first-order valence-electron chi connectivity index (χ1n) is 14.3. The average molecular weight is 754 g/mol. The van der Waals surface area contributed by atoms with Crippen molar-refractivity contribution in [2.75, 3.05) is 31.1 Å². The first-order chi connectivity index (χ1) is 23.3. The number of benzene rings is 1. The number of nitrogens with zero attached hydrogens (tertiary/aromatic N) is 8. The fourth-order valence-electron chi connectivity index (χ4n) is 4.73. The smallest absolute Gasteiger partial charge is 0.382 e. The van der Waals surface area contributed by atoms with Gasteiger partial charge in [0.15, 0.2) is 23.6 Å². The van der Waals surface area contributed by atoms with Crippen LogP contribution >= 0.6 is 22.2 Å². The summed E-state index contributed by atoms with van der Waals surface area (Å²) in [5, 5.41) is 20.0. The lowest BCUT2D eigenvalue weighted by Crippen LogP contribution is -2.43. The summed E-state index contributed by atoms with van der Waals surface area (Å²) in [6.07, 6.45) is -11.7. The van der Waals surface area contributed by atoms with Gasteiger partial charge in [-0.15, -0.1) is 10.2 Å². The molecule has 1 aromatic carbocycles. The summed E-state index contributed by atoms with van der Waals surface area (Å²) in [6, 6.07) is 7.86. The maximum atomic E-state index is 13.7. The van der Waals surface area contributed by atoms with E-state index in [4.69, 9.17) is 11.6 Å². The van der Waals surface area contributed by atoms with Crippen LogP contribution in [0.1, 0.15) is 26.8 Å². The summed E-state index contributed by atoms with van der Waals surface area (Å²) in [6.45, 7) is -3.91. The first kappa shape index (κ1) is 36.8. The maximum absolute atomic E-state index is 13.7. The molecule has 0 saturated carbocycles. The van der Waals surface area contributed by atoms with Crippen LogP contribution in [-0.2, 0) is 13.1 Å². The van der Waals surface area contributed by atoms with Gasteiger partial charge in [-0.2, -0.15) is 41.6 Å². The van der Waals surface area contributed by atoms with Crippen molar-refractivity contribution in [1.29, 1.82) is 0 Å². The standard InChI is InChI=1S/C27H26ClF6N9O6S/c28-16-5-3-15(4-6-16)20-39-42(25(47)41(20)12-18(44)27(32,33)34)13-19-37-22(24(46)40-8-10-50(48,49)11-9-40)43(38-19)21-17(2-1-7-35-21)23(45)36-14-26(29,30)31/h1-7,18,44,48-49H,8-14H2,(H,36,45)/t18-/m0/s1. The SMILES string of the molecule is O=C(NCC(F)(F)F)c1cccnc1-n1nc(Cn2nc(-c3ccc(Cl)cc3)n(C[C@H](O)C(F)(F)F)c2=O)nc1C(=O)N1CCS(O)(O)CC1. The van der Waals surface area contributed by atoms with Gasteiger partial charge in [-0.1, -0.05) is 11.6 Å². The van der Waals surface area contributed by atoms with E-state index in [2.05, 4.69) is 20.2 Å². The molecule has 1 saturated heterocycles. The molecule has 15 nitrogen and oxygen atoms in total. The Balaban J connectivity index is 1.58. The second kappa shape index (κ2) is 14.0. The van der Waals surface area contributed by atoms with Crippen molar-refractivity contribution < 1.29 is 50.1 Å². The van der Waals surface area contributed by atoms with Gasteiger partial charge in [0.05, 0.1) is 23.6 Å². The molecule has 1 fully saturated rings. The number of carbonyl (C=O) groups excluding carboxylic acids is 2. The Labute approximate surface area is 283 Å². The Morgan fingerprint density at radius 2 is 1.68 bits per heavy atom. The summed E-state index contributed by atoms with van der Waals surface area (Å²) in [7, 11) is -2.95. The molecule has 1 aliphatic heterocycles. The Morgan fingerprint density at radius 1 is 1.02 bits per heavy atom. The highest BCUT2D eigenvalue weighted by Gasteiger charge is 2.40. The molecule has 4 aromatic rings. The Morgan fingerprint density at radius 3 is 2.30 bits per heavy atom. The molecule has 270 valence electrons. The van der Waals surface area contributed by atoms with Crippen molar-refractivity contribution in [2.45, 2.75) is 31.5 Å². The number of carbonyl (C=O) groups is 2. The summed E-state index contributed by atoms with van der Waals surface area (Å²) in [5.41, 5.74) is -1.45. The maximum Gasteiger partial charge on any atom is 0.416 e. The van der Waals surface area contributed by atoms with Crippen molar-refractivity contribution >= 4 is 34.0 Å². The molecule has 2 amide bonds. The second-order valence-corrected chi connectivity index (χ2v) is 13.7. The van der Waals surface area contributed by atoms with Crippen LogP contribution in [-0.4, -0.2) is 115 Å². The van der Waals surface area contributed by atoms with Crippen LogP contribution in [0.25, 0.3) is 17.2 Å². The largest absolute Gasteiger partial charge is 0.416 e. The van der Waals surface area contributed by atoms with Crippen LogP contribution in [0.5, 0.6) is 0 Å². The molecule has 0 aliphatic carbocycles. The predicted molar refractivity (Wildman–Crippen MR) is 164 cm³/mol. The molecule has 1 atom stereocenters. The third kappa shape index (κ3) is 8.43. The number of rotatable bonds is 9. The van der Waals surface area contributed by atoms with E-state index >= 15 is 0 Å². The van der Waals surface area contributed by atoms with Gasteiger partial charge in [0, 0.05) is 29.9 Å². The molecule has 0 bridgehead atoms. The van der Waals surface area contributed by atoms with E-state index in [1.54, 1.807) is 5.32 Å². The normalized spacial score (nSPS) is 16.2. The van der Waals surface area contributed by atoms with E-state index in [9.17, 15) is 54.9 Å². The number of alkyl halides is 6. The van der Waals surface area contributed by atoms with Gasteiger partial charge in [-0.3, -0.25) is 23.3 Å². The van der Waals surface area contributed by atoms with Gasteiger partial charge >= 0.3 is 18.0 Å². The minimum absolute atomic E-state index is 0.139. The topological polar surface area (TPSA) is 194 Å². The van der Waals surface area contributed by atoms with Crippen LogP contribution in [0.4, 0.5) is 26.3 Å². The van der Waals surface area contributed by atoms with Gasteiger partial charge in [0.25, 0.3) is 11.8 Å². The van der Waals surface area contributed by atoms with E-state index in [0.29, 0.717) is 9.25 Å². The molecule has 4 N–H and O–H groups in total. The molecular formula is C27H26ClF6N9O6S. The quantitative estimate of drug-likeness (QED) is 0.185. The van der Waals surface area contributed by atoms with Gasteiger partial charge in [0.1, 0.15) is 13.1 Å². The minimum Gasteiger partial charge on any atom is -0.382 e. The number of nitrogens with one attached hydrogen (secondary N) is 1.